The van der Waals surface area contributed by atoms with Crippen molar-refractivity contribution in [2.24, 2.45) is 5.92 Å². The van der Waals surface area contributed by atoms with Gasteiger partial charge in [0, 0.05) is 31.9 Å². The van der Waals surface area contributed by atoms with Gasteiger partial charge in [-0.15, -0.1) is 5.10 Å². The zero-order valence-corrected chi connectivity index (χ0v) is 15.0. The summed E-state index contributed by atoms with van der Waals surface area (Å²) in [5, 5.41) is 16.8. The summed E-state index contributed by atoms with van der Waals surface area (Å²) in [6, 6.07) is 6.97. The Balaban J connectivity index is 2.09. The highest BCUT2D eigenvalue weighted by molar-refractivity contribution is 5.94. The highest BCUT2D eigenvalue weighted by atomic mass is 16.5. The standard InChI is InChI=1S/C18H24N4O4/c1-3-26-12-4-10-21(13-14(2)18(24)25)17(23)15-5-7-16(8-6-15)22-11-9-19-20-22/h5-9,11,14H,3-4,10,12-13H2,1-2H3,(H,24,25). The fourth-order valence-electron chi connectivity index (χ4n) is 2.47. The molecule has 0 aliphatic carbocycles. The topological polar surface area (TPSA) is 97.6 Å². The Morgan fingerprint density at radius 1 is 1.31 bits per heavy atom. The van der Waals surface area contributed by atoms with Crippen molar-refractivity contribution < 1.29 is 19.4 Å². The molecule has 1 aromatic heterocycles. The zero-order chi connectivity index (χ0) is 18.9. The van der Waals surface area contributed by atoms with E-state index >= 15 is 0 Å². The van der Waals surface area contributed by atoms with Gasteiger partial charge in [0.05, 0.1) is 24.0 Å². The molecule has 1 N–H and O–H groups in total. The second-order valence-corrected chi connectivity index (χ2v) is 5.94. The SMILES string of the molecule is CCOCCCN(CC(C)C(=O)O)C(=O)c1ccc(-n2ccnn2)cc1. The van der Waals surface area contributed by atoms with Gasteiger partial charge in [0.1, 0.15) is 0 Å². The second kappa shape index (κ2) is 9.67. The third kappa shape index (κ3) is 5.38. The molecule has 0 aliphatic heterocycles. The lowest BCUT2D eigenvalue weighted by Gasteiger charge is -2.24. The van der Waals surface area contributed by atoms with Crippen LogP contribution in [-0.4, -0.2) is 63.2 Å². The number of carbonyl (C=O) groups is 2. The highest BCUT2D eigenvalue weighted by Gasteiger charge is 2.21. The van der Waals surface area contributed by atoms with E-state index in [9.17, 15) is 9.59 Å². The molecule has 0 fully saturated rings. The third-order valence-electron chi connectivity index (χ3n) is 3.93. The van der Waals surface area contributed by atoms with Gasteiger partial charge in [0.15, 0.2) is 0 Å². The monoisotopic (exact) mass is 360 g/mol. The number of rotatable bonds is 10. The third-order valence-corrected chi connectivity index (χ3v) is 3.93. The van der Waals surface area contributed by atoms with Crippen molar-refractivity contribution in [2.75, 3.05) is 26.3 Å². The first-order valence-electron chi connectivity index (χ1n) is 8.59. The minimum absolute atomic E-state index is 0.158. The number of benzene rings is 1. The van der Waals surface area contributed by atoms with Crippen molar-refractivity contribution in [3.8, 4) is 5.69 Å². The maximum atomic E-state index is 12.8. The van der Waals surface area contributed by atoms with E-state index in [1.165, 1.54) is 0 Å². The molecule has 0 aliphatic rings. The predicted molar refractivity (Wildman–Crippen MR) is 95.2 cm³/mol. The molecule has 0 radical (unpaired) electrons. The quantitative estimate of drug-likeness (QED) is 0.650. The van der Waals surface area contributed by atoms with E-state index in [0.717, 1.165) is 5.69 Å². The largest absolute Gasteiger partial charge is 0.481 e. The molecule has 2 rings (SSSR count). The van der Waals surface area contributed by atoms with Gasteiger partial charge in [-0.25, -0.2) is 4.68 Å². The lowest BCUT2D eigenvalue weighted by molar-refractivity contribution is -0.141. The van der Waals surface area contributed by atoms with Crippen LogP contribution in [0.5, 0.6) is 0 Å². The average Bonchev–Trinajstić information content (AvgIpc) is 3.18. The minimum atomic E-state index is -0.922. The molecule has 140 valence electrons. The van der Waals surface area contributed by atoms with Crippen LogP contribution < -0.4 is 0 Å². The van der Waals surface area contributed by atoms with Gasteiger partial charge in [-0.2, -0.15) is 0 Å². The highest BCUT2D eigenvalue weighted by Crippen LogP contribution is 2.12. The maximum Gasteiger partial charge on any atom is 0.308 e. The molecule has 0 bridgehead atoms. The van der Waals surface area contributed by atoms with Gasteiger partial charge >= 0.3 is 5.97 Å². The van der Waals surface area contributed by atoms with E-state index in [2.05, 4.69) is 10.3 Å². The number of carbonyl (C=O) groups excluding carboxylic acids is 1. The molecular formula is C18H24N4O4. The molecule has 1 aromatic carbocycles. The number of aromatic nitrogens is 3. The summed E-state index contributed by atoms with van der Waals surface area (Å²) in [6.45, 7) is 5.26. The Bertz CT molecular complexity index is 700. The molecule has 2 aromatic rings. The summed E-state index contributed by atoms with van der Waals surface area (Å²) < 4.78 is 6.91. The van der Waals surface area contributed by atoms with E-state index in [1.807, 2.05) is 6.92 Å². The molecule has 1 atom stereocenters. The lowest BCUT2D eigenvalue weighted by Crippen LogP contribution is -2.38. The summed E-state index contributed by atoms with van der Waals surface area (Å²) in [7, 11) is 0. The Morgan fingerprint density at radius 3 is 2.62 bits per heavy atom. The predicted octanol–water partition coefficient (Wildman–Crippen LogP) is 1.86. The Morgan fingerprint density at radius 2 is 2.04 bits per heavy atom. The maximum absolute atomic E-state index is 12.8. The summed E-state index contributed by atoms with van der Waals surface area (Å²) in [4.78, 5) is 25.6. The second-order valence-electron chi connectivity index (χ2n) is 5.94. The van der Waals surface area contributed by atoms with Crippen LogP contribution in [0, 0.1) is 5.92 Å². The number of nitrogens with zero attached hydrogens (tertiary/aromatic N) is 4. The molecule has 8 nitrogen and oxygen atoms in total. The first-order chi connectivity index (χ1) is 12.5. The van der Waals surface area contributed by atoms with Gasteiger partial charge in [0.25, 0.3) is 5.91 Å². The first kappa shape index (κ1) is 19.6. The fourth-order valence-corrected chi connectivity index (χ4v) is 2.47. The van der Waals surface area contributed by atoms with E-state index in [4.69, 9.17) is 9.84 Å². The first-order valence-corrected chi connectivity index (χ1v) is 8.59. The van der Waals surface area contributed by atoms with Crippen LogP contribution in [0.25, 0.3) is 5.69 Å². The van der Waals surface area contributed by atoms with Crippen LogP contribution >= 0.6 is 0 Å². The van der Waals surface area contributed by atoms with Gasteiger partial charge in [0.2, 0.25) is 0 Å². The molecule has 0 saturated heterocycles. The summed E-state index contributed by atoms with van der Waals surface area (Å²) >= 11 is 0. The Kier molecular flexibility index (Phi) is 7.28. The van der Waals surface area contributed by atoms with Crippen molar-refractivity contribution in [3.63, 3.8) is 0 Å². The number of amides is 1. The van der Waals surface area contributed by atoms with Crippen LogP contribution in [-0.2, 0) is 9.53 Å². The van der Waals surface area contributed by atoms with Crippen LogP contribution in [0.3, 0.4) is 0 Å². The molecule has 1 amide bonds. The fraction of sp³-hybridized carbons (Fsp3) is 0.444. The van der Waals surface area contributed by atoms with Crippen LogP contribution in [0.15, 0.2) is 36.7 Å². The van der Waals surface area contributed by atoms with Gasteiger partial charge in [-0.3, -0.25) is 9.59 Å². The number of aliphatic carboxylic acids is 1. The van der Waals surface area contributed by atoms with Crippen molar-refractivity contribution in [3.05, 3.63) is 42.2 Å². The molecule has 0 spiro atoms. The molecular weight excluding hydrogens is 336 g/mol. The van der Waals surface area contributed by atoms with Crippen molar-refractivity contribution in [2.45, 2.75) is 20.3 Å². The van der Waals surface area contributed by atoms with Crippen molar-refractivity contribution >= 4 is 11.9 Å². The summed E-state index contributed by atoms with van der Waals surface area (Å²) in [5.41, 5.74) is 1.30. The van der Waals surface area contributed by atoms with E-state index in [1.54, 1.807) is 53.2 Å². The molecule has 0 saturated carbocycles. The van der Waals surface area contributed by atoms with E-state index in [-0.39, 0.29) is 12.5 Å². The van der Waals surface area contributed by atoms with Gasteiger partial charge in [-0.05, 0) is 37.6 Å². The van der Waals surface area contributed by atoms with Crippen LogP contribution in [0.4, 0.5) is 0 Å². The minimum Gasteiger partial charge on any atom is -0.481 e. The number of hydrogen-bond acceptors (Lipinski definition) is 5. The lowest BCUT2D eigenvalue weighted by atomic mass is 10.1. The van der Waals surface area contributed by atoms with Gasteiger partial charge < -0.3 is 14.7 Å². The summed E-state index contributed by atoms with van der Waals surface area (Å²) in [6.07, 6.45) is 3.95. The molecule has 1 heterocycles. The molecule has 26 heavy (non-hydrogen) atoms. The van der Waals surface area contributed by atoms with Crippen LogP contribution in [0.1, 0.15) is 30.6 Å². The Hall–Kier alpha value is -2.74. The van der Waals surface area contributed by atoms with Crippen molar-refractivity contribution in [1.82, 2.24) is 19.9 Å². The van der Waals surface area contributed by atoms with E-state index < -0.39 is 11.9 Å². The van der Waals surface area contributed by atoms with Crippen LogP contribution in [0.2, 0.25) is 0 Å². The van der Waals surface area contributed by atoms with Gasteiger partial charge in [-0.1, -0.05) is 12.1 Å². The Labute approximate surface area is 152 Å². The average molecular weight is 360 g/mol. The number of carboxylic acids is 1. The van der Waals surface area contributed by atoms with Crippen molar-refractivity contribution in [1.29, 1.82) is 0 Å². The number of carboxylic acid groups (broad SMARTS) is 1. The zero-order valence-electron chi connectivity index (χ0n) is 15.0. The number of ether oxygens (including phenoxy) is 1. The normalized spacial score (nSPS) is 11.9. The smallest absolute Gasteiger partial charge is 0.308 e. The molecule has 8 heteroatoms. The summed E-state index contributed by atoms with van der Waals surface area (Å²) in [5.74, 6) is -1.76. The van der Waals surface area contributed by atoms with E-state index in [0.29, 0.717) is 31.7 Å². The number of hydrogen-bond donors (Lipinski definition) is 1. The molecule has 1 unspecified atom stereocenters.